The summed E-state index contributed by atoms with van der Waals surface area (Å²) in [5.41, 5.74) is -0.782. The topological polar surface area (TPSA) is 62.1 Å². The molecule has 0 aromatic carbocycles. The number of hydrogen-bond donors (Lipinski definition) is 1. The van der Waals surface area contributed by atoms with Crippen molar-refractivity contribution in [1.29, 1.82) is 5.26 Å². The van der Waals surface area contributed by atoms with Gasteiger partial charge in [0, 0.05) is 46.9 Å². The van der Waals surface area contributed by atoms with E-state index in [0.29, 0.717) is 26.1 Å². The number of nitrogens with zero attached hydrogens (tertiary/aromatic N) is 1. The van der Waals surface area contributed by atoms with Crippen LogP contribution in [0.15, 0.2) is 22.0 Å². The number of carbonyl (C=O) groups is 1. The summed E-state index contributed by atoms with van der Waals surface area (Å²) < 4.78 is 6.21. The molecular formula is C13H13BrN2O2S. The molecule has 0 aliphatic carbocycles. The summed E-state index contributed by atoms with van der Waals surface area (Å²) in [5, 5.41) is 14.0. The van der Waals surface area contributed by atoms with Gasteiger partial charge < -0.3 is 10.1 Å². The Hall–Kier alpha value is -1.16. The lowest BCUT2D eigenvalue weighted by atomic mass is 9.92. The van der Waals surface area contributed by atoms with E-state index in [9.17, 15) is 10.1 Å². The normalized spacial score (nSPS) is 18.1. The van der Waals surface area contributed by atoms with E-state index in [-0.39, 0.29) is 5.91 Å². The van der Waals surface area contributed by atoms with Crippen molar-refractivity contribution < 1.29 is 9.53 Å². The molecule has 19 heavy (non-hydrogen) atoms. The molecule has 2 heterocycles. The van der Waals surface area contributed by atoms with Crippen LogP contribution < -0.4 is 5.32 Å². The molecule has 1 aliphatic heterocycles. The van der Waals surface area contributed by atoms with Gasteiger partial charge in [-0.3, -0.25) is 4.79 Å². The Morgan fingerprint density at radius 3 is 2.89 bits per heavy atom. The number of rotatable bonds is 3. The zero-order valence-electron chi connectivity index (χ0n) is 10.2. The van der Waals surface area contributed by atoms with E-state index in [4.69, 9.17) is 4.74 Å². The Morgan fingerprint density at radius 1 is 1.58 bits per heavy atom. The average molecular weight is 341 g/mol. The van der Waals surface area contributed by atoms with Crippen molar-refractivity contribution in [3.63, 3.8) is 0 Å². The second kappa shape index (κ2) is 6.33. The molecule has 6 heteroatoms. The second-order valence-corrected chi connectivity index (χ2v) is 6.15. The van der Waals surface area contributed by atoms with E-state index >= 15 is 0 Å². The fourth-order valence-electron chi connectivity index (χ4n) is 1.84. The number of nitriles is 1. The summed E-state index contributed by atoms with van der Waals surface area (Å²) in [6, 6.07) is 4.13. The van der Waals surface area contributed by atoms with Gasteiger partial charge in [-0.15, -0.1) is 11.3 Å². The maximum atomic E-state index is 11.9. The third-order valence-corrected chi connectivity index (χ3v) is 4.57. The molecule has 0 bridgehead atoms. The highest BCUT2D eigenvalue weighted by Crippen LogP contribution is 2.22. The van der Waals surface area contributed by atoms with Crippen molar-refractivity contribution in [2.45, 2.75) is 18.4 Å². The van der Waals surface area contributed by atoms with Crippen LogP contribution in [-0.2, 0) is 9.53 Å². The SMILES string of the molecule is N#CC1(NC(=O)C=Cc2cc(Br)cs2)CCOCC1. The maximum Gasteiger partial charge on any atom is 0.245 e. The highest BCUT2D eigenvalue weighted by atomic mass is 79.9. The standard InChI is InChI=1S/C13H13BrN2O2S/c14-10-7-11(19-8-10)1-2-12(17)16-13(9-15)3-5-18-6-4-13/h1-2,7-8H,3-6H2,(H,16,17). The lowest BCUT2D eigenvalue weighted by molar-refractivity contribution is -0.118. The van der Waals surface area contributed by atoms with Gasteiger partial charge in [0.1, 0.15) is 5.54 Å². The van der Waals surface area contributed by atoms with E-state index in [1.807, 2.05) is 11.4 Å². The van der Waals surface area contributed by atoms with Crippen LogP contribution in [0.3, 0.4) is 0 Å². The Balaban J connectivity index is 1.97. The number of halogens is 1. The third-order valence-electron chi connectivity index (χ3n) is 2.91. The predicted molar refractivity (Wildman–Crippen MR) is 77.6 cm³/mol. The van der Waals surface area contributed by atoms with Crippen LogP contribution >= 0.6 is 27.3 Å². The van der Waals surface area contributed by atoms with Crippen LogP contribution in [0.2, 0.25) is 0 Å². The summed E-state index contributed by atoms with van der Waals surface area (Å²) in [6.45, 7) is 1.02. The van der Waals surface area contributed by atoms with Crippen LogP contribution in [-0.4, -0.2) is 24.7 Å². The van der Waals surface area contributed by atoms with Crippen LogP contribution in [0.5, 0.6) is 0 Å². The summed E-state index contributed by atoms with van der Waals surface area (Å²) in [6.07, 6.45) is 4.28. The summed E-state index contributed by atoms with van der Waals surface area (Å²) in [7, 11) is 0. The molecule has 1 aromatic rings. The van der Waals surface area contributed by atoms with Crippen molar-refractivity contribution >= 4 is 39.2 Å². The van der Waals surface area contributed by atoms with Gasteiger partial charge in [-0.1, -0.05) is 0 Å². The summed E-state index contributed by atoms with van der Waals surface area (Å²) in [4.78, 5) is 12.8. The smallest absolute Gasteiger partial charge is 0.245 e. The molecule has 0 saturated carbocycles. The maximum absolute atomic E-state index is 11.9. The Labute approximate surface area is 124 Å². The van der Waals surface area contributed by atoms with E-state index in [2.05, 4.69) is 27.3 Å². The Kier molecular flexibility index (Phi) is 4.75. The Bertz CT molecular complexity index is 527. The molecule has 1 aliphatic rings. The highest BCUT2D eigenvalue weighted by Gasteiger charge is 2.33. The minimum absolute atomic E-state index is 0.243. The zero-order valence-corrected chi connectivity index (χ0v) is 12.6. The third kappa shape index (κ3) is 3.90. The van der Waals surface area contributed by atoms with Crippen LogP contribution in [0.1, 0.15) is 17.7 Å². The molecule has 2 rings (SSSR count). The molecule has 1 N–H and O–H groups in total. The lowest BCUT2D eigenvalue weighted by Gasteiger charge is -2.30. The fourth-order valence-corrected chi connectivity index (χ4v) is 3.17. The van der Waals surface area contributed by atoms with E-state index in [1.54, 1.807) is 17.4 Å². The molecule has 0 unspecified atom stereocenters. The van der Waals surface area contributed by atoms with Crippen LogP contribution in [0, 0.1) is 11.3 Å². The van der Waals surface area contributed by atoms with E-state index in [1.165, 1.54) is 6.08 Å². The largest absolute Gasteiger partial charge is 0.381 e. The quantitative estimate of drug-likeness (QED) is 0.860. The number of amides is 1. The molecule has 1 amide bonds. The van der Waals surface area contributed by atoms with Gasteiger partial charge in [0.05, 0.1) is 6.07 Å². The average Bonchev–Trinajstić information content (AvgIpc) is 2.83. The first kappa shape index (κ1) is 14.3. The van der Waals surface area contributed by atoms with Gasteiger partial charge in [-0.25, -0.2) is 0 Å². The van der Waals surface area contributed by atoms with Gasteiger partial charge in [0.25, 0.3) is 0 Å². The molecular weight excluding hydrogens is 328 g/mol. The highest BCUT2D eigenvalue weighted by molar-refractivity contribution is 9.10. The molecule has 1 aromatic heterocycles. The van der Waals surface area contributed by atoms with E-state index in [0.717, 1.165) is 9.35 Å². The zero-order chi connectivity index (χ0) is 13.7. The van der Waals surface area contributed by atoms with Gasteiger partial charge >= 0.3 is 0 Å². The van der Waals surface area contributed by atoms with Crippen molar-refractivity contribution in [3.05, 3.63) is 26.9 Å². The first-order chi connectivity index (χ1) is 9.13. The van der Waals surface area contributed by atoms with Crippen molar-refractivity contribution in [1.82, 2.24) is 5.32 Å². The predicted octanol–water partition coefficient (Wildman–Crippen LogP) is 2.71. The minimum Gasteiger partial charge on any atom is -0.381 e. The second-order valence-electron chi connectivity index (χ2n) is 4.30. The molecule has 1 fully saturated rings. The van der Waals surface area contributed by atoms with Gasteiger partial charge in [0.2, 0.25) is 5.91 Å². The molecule has 100 valence electrons. The van der Waals surface area contributed by atoms with Crippen molar-refractivity contribution in [2.75, 3.05) is 13.2 Å². The number of carbonyl (C=O) groups excluding carboxylic acids is 1. The molecule has 0 spiro atoms. The van der Waals surface area contributed by atoms with Gasteiger partial charge in [-0.05, 0) is 28.1 Å². The molecule has 4 nitrogen and oxygen atoms in total. The number of nitrogens with one attached hydrogen (secondary N) is 1. The summed E-state index contributed by atoms with van der Waals surface area (Å²) >= 11 is 4.90. The lowest BCUT2D eigenvalue weighted by Crippen LogP contribution is -2.50. The first-order valence-corrected chi connectivity index (χ1v) is 7.54. The monoisotopic (exact) mass is 340 g/mol. The fraction of sp³-hybridized carbons (Fsp3) is 0.385. The van der Waals surface area contributed by atoms with Crippen molar-refractivity contribution in [3.8, 4) is 6.07 Å². The molecule has 0 radical (unpaired) electrons. The first-order valence-electron chi connectivity index (χ1n) is 5.87. The number of ether oxygens (including phenoxy) is 1. The summed E-state index contributed by atoms with van der Waals surface area (Å²) in [5.74, 6) is -0.243. The van der Waals surface area contributed by atoms with Crippen LogP contribution in [0.4, 0.5) is 0 Å². The minimum atomic E-state index is -0.782. The number of thiophene rings is 1. The van der Waals surface area contributed by atoms with Crippen molar-refractivity contribution in [2.24, 2.45) is 0 Å². The van der Waals surface area contributed by atoms with Gasteiger partial charge in [-0.2, -0.15) is 5.26 Å². The Morgan fingerprint density at radius 2 is 2.32 bits per heavy atom. The molecule has 0 atom stereocenters. The van der Waals surface area contributed by atoms with E-state index < -0.39 is 5.54 Å². The van der Waals surface area contributed by atoms with Gasteiger partial charge in [0.15, 0.2) is 0 Å². The number of hydrogen-bond acceptors (Lipinski definition) is 4. The molecule has 1 saturated heterocycles. The van der Waals surface area contributed by atoms with Crippen LogP contribution in [0.25, 0.3) is 6.08 Å².